The van der Waals surface area contributed by atoms with E-state index in [0.29, 0.717) is 25.7 Å². The molecule has 19 heteroatoms. The number of rotatable bonds is 66. The molecule has 0 saturated carbocycles. The van der Waals surface area contributed by atoms with Crippen LogP contribution in [0, 0.1) is 11.8 Å². The lowest BCUT2D eigenvalue weighted by Crippen LogP contribution is -2.30. The average molecular weight is 1270 g/mol. The molecular weight excluding hydrogens is 1140 g/mol. The Kier molecular flexibility index (Phi) is 58.0. The van der Waals surface area contributed by atoms with E-state index in [1.807, 2.05) is 0 Å². The molecule has 0 heterocycles. The van der Waals surface area contributed by atoms with Gasteiger partial charge in [0.25, 0.3) is 0 Å². The van der Waals surface area contributed by atoms with Crippen LogP contribution in [-0.4, -0.2) is 96.7 Å². The van der Waals surface area contributed by atoms with Crippen molar-refractivity contribution in [1.29, 1.82) is 0 Å². The SMILES string of the molecule is CCCCCCCCCCCCCCCCC(=O)OC[C@H](COP(=O)(O)OC[C@@H](O)COP(=O)(O)OC[C@@H](COC(=O)CCCCCCCCC)OC(=O)CCCCCCCCC(C)CC)OC(=O)CCCCCCCCCCCCCCC(C)C. The molecule has 510 valence electrons. The lowest BCUT2D eigenvalue weighted by Gasteiger charge is -2.21. The van der Waals surface area contributed by atoms with Gasteiger partial charge in [0.1, 0.15) is 19.3 Å². The highest BCUT2D eigenvalue weighted by Gasteiger charge is 2.30. The molecule has 0 bridgehead atoms. The van der Waals surface area contributed by atoms with Crippen LogP contribution in [0.3, 0.4) is 0 Å². The van der Waals surface area contributed by atoms with E-state index in [2.05, 4.69) is 41.5 Å². The molecule has 0 rings (SSSR count). The number of carbonyl (C=O) groups excluding carboxylic acids is 4. The lowest BCUT2D eigenvalue weighted by atomic mass is 10.00. The summed E-state index contributed by atoms with van der Waals surface area (Å²) >= 11 is 0. The number of hydrogen-bond acceptors (Lipinski definition) is 15. The molecule has 0 aliphatic heterocycles. The highest BCUT2D eigenvalue weighted by Crippen LogP contribution is 2.45. The van der Waals surface area contributed by atoms with E-state index < -0.39 is 97.5 Å². The molecule has 0 saturated heterocycles. The van der Waals surface area contributed by atoms with Gasteiger partial charge in [0.15, 0.2) is 12.2 Å². The molecule has 0 amide bonds. The first kappa shape index (κ1) is 84.1. The third-order valence-electron chi connectivity index (χ3n) is 15.8. The molecule has 3 N–H and O–H groups in total. The Labute approximate surface area is 524 Å². The second-order valence-corrected chi connectivity index (χ2v) is 27.8. The van der Waals surface area contributed by atoms with E-state index in [9.17, 15) is 43.2 Å². The van der Waals surface area contributed by atoms with Gasteiger partial charge in [-0.15, -0.1) is 0 Å². The van der Waals surface area contributed by atoms with Gasteiger partial charge in [0.05, 0.1) is 26.4 Å². The van der Waals surface area contributed by atoms with Crippen molar-refractivity contribution in [3.05, 3.63) is 0 Å². The van der Waals surface area contributed by atoms with Gasteiger partial charge in [-0.1, -0.05) is 286 Å². The highest BCUT2D eigenvalue weighted by atomic mass is 31.2. The van der Waals surface area contributed by atoms with Gasteiger partial charge in [-0.3, -0.25) is 37.3 Å². The normalized spacial score (nSPS) is 14.5. The lowest BCUT2D eigenvalue weighted by molar-refractivity contribution is -0.161. The number of esters is 4. The van der Waals surface area contributed by atoms with Gasteiger partial charge in [0.2, 0.25) is 0 Å². The molecule has 0 spiro atoms. The summed E-state index contributed by atoms with van der Waals surface area (Å²) in [4.78, 5) is 72.3. The first-order chi connectivity index (χ1) is 41.4. The summed E-state index contributed by atoms with van der Waals surface area (Å²) in [5, 5.41) is 10.5. The van der Waals surface area contributed by atoms with Crippen molar-refractivity contribution in [3.8, 4) is 0 Å². The molecule has 3 unspecified atom stereocenters. The Morgan fingerprint density at radius 2 is 0.593 bits per heavy atom. The molecule has 86 heavy (non-hydrogen) atoms. The van der Waals surface area contributed by atoms with Crippen LogP contribution >= 0.6 is 15.6 Å². The quantitative estimate of drug-likeness (QED) is 0.0222. The number of phosphoric acid groups is 2. The molecular formula is C67H130O17P2. The van der Waals surface area contributed by atoms with Gasteiger partial charge in [-0.2, -0.15) is 0 Å². The van der Waals surface area contributed by atoms with Crippen molar-refractivity contribution in [2.24, 2.45) is 11.8 Å². The molecule has 0 aliphatic carbocycles. The molecule has 0 aromatic carbocycles. The van der Waals surface area contributed by atoms with Crippen molar-refractivity contribution in [1.82, 2.24) is 0 Å². The summed E-state index contributed by atoms with van der Waals surface area (Å²) in [7, 11) is -9.89. The molecule has 0 aliphatic rings. The standard InChI is InChI=1S/C67H130O17P2/c1-7-10-12-14-16-17-18-19-20-24-27-31-38-44-50-65(70)78-56-62(83-66(71)51-45-39-32-28-25-22-21-23-26-30-35-41-47-59(4)5)57-81-85(73,74)79-53-61(68)54-80-86(75,76)82-58-63(55-77-64(69)49-43-37-29-15-13-11-8-2)84-67(72)52-46-40-34-33-36-42-48-60(6)9-3/h59-63,68H,7-58H2,1-6H3,(H,73,74)(H,75,76)/t60?,61-,62-,63-/m1/s1. The largest absolute Gasteiger partial charge is 0.472 e. The predicted octanol–water partition coefficient (Wildman–Crippen LogP) is 18.8. The monoisotopic (exact) mass is 1270 g/mol. The fraction of sp³-hybridized carbons (Fsp3) is 0.940. The Hall–Kier alpha value is -1.94. The van der Waals surface area contributed by atoms with E-state index in [1.165, 1.54) is 141 Å². The maximum absolute atomic E-state index is 13.0. The number of ether oxygens (including phenoxy) is 4. The van der Waals surface area contributed by atoms with Crippen LogP contribution in [0.15, 0.2) is 0 Å². The number of phosphoric ester groups is 2. The summed E-state index contributed by atoms with van der Waals surface area (Å²) in [6.07, 6.45) is 43.2. The molecule has 0 aromatic rings. The summed E-state index contributed by atoms with van der Waals surface area (Å²) in [5.74, 6) is -0.637. The first-order valence-electron chi connectivity index (χ1n) is 35.0. The maximum atomic E-state index is 13.0. The van der Waals surface area contributed by atoms with Gasteiger partial charge in [0, 0.05) is 25.7 Å². The van der Waals surface area contributed by atoms with Crippen LogP contribution in [0.5, 0.6) is 0 Å². The Bertz CT molecular complexity index is 1690. The van der Waals surface area contributed by atoms with E-state index >= 15 is 0 Å². The predicted molar refractivity (Wildman–Crippen MR) is 345 cm³/mol. The van der Waals surface area contributed by atoms with Gasteiger partial charge < -0.3 is 33.8 Å². The van der Waals surface area contributed by atoms with Crippen LogP contribution < -0.4 is 0 Å². The second-order valence-electron chi connectivity index (χ2n) is 24.9. The Balaban J connectivity index is 5.22. The number of hydrogen-bond donors (Lipinski definition) is 3. The minimum absolute atomic E-state index is 0.103. The smallest absolute Gasteiger partial charge is 0.462 e. The second kappa shape index (κ2) is 59.4. The average Bonchev–Trinajstić information content (AvgIpc) is 3.70. The zero-order chi connectivity index (χ0) is 63.6. The minimum Gasteiger partial charge on any atom is -0.462 e. The fourth-order valence-corrected chi connectivity index (χ4v) is 11.6. The first-order valence-corrected chi connectivity index (χ1v) is 38.0. The summed E-state index contributed by atoms with van der Waals surface area (Å²) in [6.45, 7) is 9.45. The zero-order valence-corrected chi connectivity index (χ0v) is 57.4. The van der Waals surface area contributed by atoms with Crippen LogP contribution in [-0.2, 0) is 65.4 Å². The number of aliphatic hydroxyl groups is 1. The van der Waals surface area contributed by atoms with Crippen LogP contribution in [0.4, 0.5) is 0 Å². The summed E-state index contributed by atoms with van der Waals surface area (Å²) in [6, 6.07) is 0. The molecule has 0 radical (unpaired) electrons. The summed E-state index contributed by atoms with van der Waals surface area (Å²) in [5.41, 5.74) is 0. The van der Waals surface area contributed by atoms with Crippen molar-refractivity contribution in [2.45, 2.75) is 355 Å². The van der Waals surface area contributed by atoms with Crippen LogP contribution in [0.2, 0.25) is 0 Å². The third-order valence-corrected chi connectivity index (χ3v) is 17.7. The van der Waals surface area contributed by atoms with E-state index in [1.54, 1.807) is 0 Å². The Morgan fingerprint density at radius 1 is 0.337 bits per heavy atom. The topological polar surface area (TPSA) is 237 Å². The van der Waals surface area contributed by atoms with E-state index in [-0.39, 0.29) is 25.7 Å². The van der Waals surface area contributed by atoms with Crippen molar-refractivity contribution < 1.29 is 80.2 Å². The van der Waals surface area contributed by atoms with Gasteiger partial charge >= 0.3 is 39.5 Å². The van der Waals surface area contributed by atoms with Crippen molar-refractivity contribution in [2.75, 3.05) is 39.6 Å². The van der Waals surface area contributed by atoms with E-state index in [0.717, 1.165) is 115 Å². The van der Waals surface area contributed by atoms with Crippen LogP contribution in [0.25, 0.3) is 0 Å². The Morgan fingerprint density at radius 3 is 0.884 bits per heavy atom. The van der Waals surface area contributed by atoms with Crippen molar-refractivity contribution in [3.63, 3.8) is 0 Å². The van der Waals surface area contributed by atoms with Crippen molar-refractivity contribution >= 4 is 39.5 Å². The molecule has 0 aromatic heterocycles. The van der Waals surface area contributed by atoms with E-state index in [4.69, 9.17) is 37.0 Å². The number of carbonyl (C=O) groups is 4. The van der Waals surface area contributed by atoms with Crippen LogP contribution in [0.1, 0.15) is 337 Å². The molecule has 6 atom stereocenters. The summed E-state index contributed by atoms with van der Waals surface area (Å²) < 4.78 is 68.0. The highest BCUT2D eigenvalue weighted by molar-refractivity contribution is 7.47. The zero-order valence-electron chi connectivity index (χ0n) is 55.6. The fourth-order valence-electron chi connectivity index (χ4n) is 10.0. The molecule has 17 nitrogen and oxygen atoms in total. The van der Waals surface area contributed by atoms with Gasteiger partial charge in [-0.25, -0.2) is 9.13 Å². The minimum atomic E-state index is -4.95. The van der Waals surface area contributed by atoms with Gasteiger partial charge in [-0.05, 0) is 37.5 Å². The number of unbranched alkanes of at least 4 members (excludes halogenated alkanes) is 35. The third kappa shape index (κ3) is 59.7. The molecule has 0 fully saturated rings. The number of aliphatic hydroxyl groups excluding tert-OH is 1. The maximum Gasteiger partial charge on any atom is 0.472 e.